The van der Waals surface area contributed by atoms with Gasteiger partial charge in [-0.3, -0.25) is 4.90 Å². The van der Waals surface area contributed by atoms with E-state index in [1.54, 1.807) is 0 Å². The van der Waals surface area contributed by atoms with E-state index in [0.717, 1.165) is 38.3 Å². The molecule has 4 heteroatoms. The fraction of sp³-hybridized carbons (Fsp3) is 1.00. The minimum absolute atomic E-state index is 0.455. The van der Waals surface area contributed by atoms with Gasteiger partial charge in [-0.15, -0.1) is 0 Å². The molecule has 3 atom stereocenters. The van der Waals surface area contributed by atoms with Crippen LogP contribution in [0.5, 0.6) is 0 Å². The highest BCUT2D eigenvalue weighted by atomic mass is 16.5. The number of likely N-dealkylation sites (tertiary alicyclic amines) is 1. The van der Waals surface area contributed by atoms with Crippen LogP contribution in [-0.4, -0.2) is 67.8 Å². The maximum absolute atomic E-state index is 6.28. The van der Waals surface area contributed by atoms with Crippen molar-refractivity contribution < 1.29 is 4.74 Å². The molecular formula is C15H29N3O. The molecule has 3 unspecified atom stereocenters. The quantitative estimate of drug-likeness (QED) is 0.825. The molecule has 3 aliphatic rings. The van der Waals surface area contributed by atoms with Gasteiger partial charge >= 0.3 is 0 Å². The second-order valence-corrected chi connectivity index (χ2v) is 6.56. The third kappa shape index (κ3) is 3.48. The number of hydrogen-bond donors (Lipinski definition) is 1. The fourth-order valence-electron chi connectivity index (χ4n) is 4.01. The topological polar surface area (TPSA) is 41.7 Å². The smallest absolute Gasteiger partial charge is 0.0594 e. The Morgan fingerprint density at radius 2 is 1.79 bits per heavy atom. The monoisotopic (exact) mass is 267 g/mol. The molecule has 2 N–H and O–H groups in total. The largest absolute Gasteiger partial charge is 0.379 e. The molecule has 2 aliphatic heterocycles. The van der Waals surface area contributed by atoms with Crippen LogP contribution in [0, 0.1) is 5.92 Å². The molecule has 19 heavy (non-hydrogen) atoms. The summed E-state index contributed by atoms with van der Waals surface area (Å²) < 4.78 is 5.45. The highest BCUT2D eigenvalue weighted by molar-refractivity contribution is 4.88. The Morgan fingerprint density at radius 1 is 1.00 bits per heavy atom. The van der Waals surface area contributed by atoms with Crippen LogP contribution in [0.3, 0.4) is 0 Å². The average Bonchev–Trinajstić information content (AvgIpc) is 2.91. The lowest BCUT2D eigenvalue weighted by Crippen LogP contribution is -2.45. The van der Waals surface area contributed by atoms with Gasteiger partial charge in [0.05, 0.1) is 13.2 Å². The Kier molecular flexibility index (Phi) is 4.74. The Hall–Kier alpha value is -0.160. The summed E-state index contributed by atoms with van der Waals surface area (Å²) in [4.78, 5) is 5.29. The Bertz CT molecular complexity index is 281. The molecule has 1 saturated carbocycles. The minimum Gasteiger partial charge on any atom is -0.379 e. The molecule has 3 fully saturated rings. The summed E-state index contributed by atoms with van der Waals surface area (Å²) in [5.74, 6) is 0.747. The van der Waals surface area contributed by atoms with Crippen molar-refractivity contribution in [2.24, 2.45) is 11.7 Å². The number of ether oxygens (including phenoxy) is 1. The van der Waals surface area contributed by atoms with Crippen LogP contribution in [0.2, 0.25) is 0 Å². The lowest BCUT2D eigenvalue weighted by atomic mass is 9.85. The Morgan fingerprint density at radius 3 is 2.58 bits per heavy atom. The third-order valence-corrected chi connectivity index (χ3v) is 5.27. The van der Waals surface area contributed by atoms with Crippen molar-refractivity contribution in [3.8, 4) is 0 Å². The van der Waals surface area contributed by atoms with Gasteiger partial charge in [0.15, 0.2) is 0 Å². The predicted octanol–water partition coefficient (Wildman–Crippen LogP) is 0.910. The summed E-state index contributed by atoms with van der Waals surface area (Å²) >= 11 is 0. The van der Waals surface area contributed by atoms with Crippen molar-refractivity contribution in [1.29, 1.82) is 0 Å². The standard InChI is InChI=1S/C15H29N3O/c16-15-4-2-1-3-13(15)11-17-6-5-14(12-17)18-7-9-19-10-8-18/h13-15H,1-12,16H2. The summed E-state index contributed by atoms with van der Waals surface area (Å²) in [5, 5.41) is 0. The van der Waals surface area contributed by atoms with Crippen LogP contribution in [0.25, 0.3) is 0 Å². The van der Waals surface area contributed by atoms with E-state index < -0.39 is 0 Å². The van der Waals surface area contributed by atoms with Crippen LogP contribution >= 0.6 is 0 Å². The molecule has 3 rings (SSSR count). The van der Waals surface area contributed by atoms with Crippen LogP contribution in [-0.2, 0) is 4.74 Å². The number of rotatable bonds is 3. The molecule has 0 aromatic heterocycles. The van der Waals surface area contributed by atoms with E-state index in [4.69, 9.17) is 10.5 Å². The molecule has 110 valence electrons. The van der Waals surface area contributed by atoms with Gasteiger partial charge in [0.2, 0.25) is 0 Å². The van der Waals surface area contributed by atoms with Crippen LogP contribution < -0.4 is 5.73 Å². The van der Waals surface area contributed by atoms with Crippen LogP contribution in [0.4, 0.5) is 0 Å². The van der Waals surface area contributed by atoms with Gasteiger partial charge in [-0.25, -0.2) is 0 Å². The first kappa shape index (κ1) is 13.8. The molecular weight excluding hydrogens is 238 g/mol. The number of morpholine rings is 1. The molecule has 2 heterocycles. The van der Waals surface area contributed by atoms with Crippen molar-refractivity contribution in [3.05, 3.63) is 0 Å². The number of nitrogens with two attached hydrogens (primary N) is 1. The predicted molar refractivity (Wildman–Crippen MR) is 77.2 cm³/mol. The summed E-state index contributed by atoms with van der Waals surface area (Å²) in [6, 6.07) is 1.22. The Balaban J connectivity index is 1.45. The van der Waals surface area contributed by atoms with Crippen molar-refractivity contribution in [3.63, 3.8) is 0 Å². The fourth-order valence-corrected chi connectivity index (χ4v) is 4.01. The first-order valence-corrected chi connectivity index (χ1v) is 8.12. The molecule has 2 saturated heterocycles. The molecule has 0 bridgehead atoms. The van der Waals surface area contributed by atoms with Gasteiger partial charge in [-0.2, -0.15) is 0 Å². The van der Waals surface area contributed by atoms with E-state index >= 15 is 0 Å². The number of nitrogens with zero attached hydrogens (tertiary/aromatic N) is 2. The molecule has 0 amide bonds. The summed E-state index contributed by atoms with van der Waals surface area (Å²) in [6.45, 7) is 7.85. The number of hydrogen-bond acceptors (Lipinski definition) is 4. The van der Waals surface area contributed by atoms with Gasteiger partial charge in [0.25, 0.3) is 0 Å². The highest BCUT2D eigenvalue weighted by Crippen LogP contribution is 2.26. The summed E-state index contributed by atoms with van der Waals surface area (Å²) in [5.41, 5.74) is 6.28. The maximum atomic E-state index is 6.28. The van der Waals surface area contributed by atoms with E-state index in [2.05, 4.69) is 9.80 Å². The molecule has 0 aromatic rings. The molecule has 4 nitrogen and oxygen atoms in total. The van der Waals surface area contributed by atoms with Gasteiger partial charge in [-0.1, -0.05) is 12.8 Å². The SMILES string of the molecule is NC1CCCCC1CN1CCC(N2CCOCC2)C1. The Labute approximate surface area is 117 Å². The van der Waals surface area contributed by atoms with Crippen LogP contribution in [0.15, 0.2) is 0 Å². The zero-order chi connectivity index (χ0) is 13.1. The van der Waals surface area contributed by atoms with E-state index in [1.807, 2.05) is 0 Å². The van der Waals surface area contributed by atoms with E-state index in [1.165, 1.54) is 51.7 Å². The van der Waals surface area contributed by atoms with E-state index in [-0.39, 0.29) is 0 Å². The van der Waals surface area contributed by atoms with Crippen molar-refractivity contribution in [2.75, 3.05) is 45.9 Å². The highest BCUT2D eigenvalue weighted by Gasteiger charge is 2.31. The maximum Gasteiger partial charge on any atom is 0.0594 e. The van der Waals surface area contributed by atoms with Crippen molar-refractivity contribution in [2.45, 2.75) is 44.2 Å². The lowest BCUT2D eigenvalue weighted by molar-refractivity contribution is 0.0180. The minimum atomic E-state index is 0.455. The van der Waals surface area contributed by atoms with Gasteiger partial charge in [-0.05, 0) is 31.7 Å². The molecule has 1 aliphatic carbocycles. The van der Waals surface area contributed by atoms with Crippen molar-refractivity contribution in [1.82, 2.24) is 9.80 Å². The second-order valence-electron chi connectivity index (χ2n) is 6.56. The molecule has 0 aromatic carbocycles. The second kappa shape index (κ2) is 6.53. The first-order valence-electron chi connectivity index (χ1n) is 8.12. The van der Waals surface area contributed by atoms with Gasteiger partial charge < -0.3 is 15.4 Å². The zero-order valence-electron chi connectivity index (χ0n) is 12.1. The normalized spacial score (nSPS) is 38.7. The molecule has 0 spiro atoms. The average molecular weight is 267 g/mol. The summed E-state index contributed by atoms with van der Waals surface area (Å²) in [6.07, 6.45) is 6.65. The van der Waals surface area contributed by atoms with Crippen molar-refractivity contribution >= 4 is 0 Å². The lowest BCUT2D eigenvalue weighted by Gasteiger charge is -2.34. The first-order chi connectivity index (χ1) is 9.33. The zero-order valence-corrected chi connectivity index (χ0v) is 12.1. The van der Waals surface area contributed by atoms with Gasteiger partial charge in [0.1, 0.15) is 0 Å². The molecule has 0 radical (unpaired) electrons. The van der Waals surface area contributed by atoms with Crippen LogP contribution in [0.1, 0.15) is 32.1 Å². The van der Waals surface area contributed by atoms with E-state index in [0.29, 0.717) is 6.04 Å². The third-order valence-electron chi connectivity index (χ3n) is 5.27. The van der Waals surface area contributed by atoms with E-state index in [9.17, 15) is 0 Å². The summed E-state index contributed by atoms with van der Waals surface area (Å²) in [7, 11) is 0. The van der Waals surface area contributed by atoms with Gasteiger partial charge in [0, 0.05) is 38.3 Å².